The molecule has 0 aliphatic carbocycles. The van der Waals surface area contributed by atoms with Crippen molar-refractivity contribution in [1.29, 1.82) is 0 Å². The topological polar surface area (TPSA) is 118 Å². The number of hydrogen-bond donors (Lipinski definition) is 3. The molecule has 3 N–H and O–H groups in total. The van der Waals surface area contributed by atoms with Crippen LogP contribution in [0.4, 0.5) is 0 Å². The van der Waals surface area contributed by atoms with Crippen molar-refractivity contribution >= 4 is 28.7 Å². The van der Waals surface area contributed by atoms with Gasteiger partial charge in [-0.25, -0.2) is 0 Å². The van der Waals surface area contributed by atoms with Crippen LogP contribution < -0.4 is 9.47 Å². The number of Topliss-reactive ketones (excluding diaryl/α,β-unsaturated/α-hetero) is 1. The number of aliphatic imine (C=N–C) groups is 1. The van der Waals surface area contributed by atoms with E-state index in [1.54, 1.807) is 37.5 Å². The molecule has 1 aliphatic rings. The molecule has 1 saturated heterocycles. The van der Waals surface area contributed by atoms with Crippen LogP contribution in [0.5, 0.6) is 23.0 Å². The summed E-state index contributed by atoms with van der Waals surface area (Å²) in [6.07, 6.45) is 3.88. The van der Waals surface area contributed by atoms with E-state index in [9.17, 15) is 20.1 Å². The van der Waals surface area contributed by atoms with Crippen LogP contribution in [0.3, 0.4) is 0 Å². The zero-order valence-corrected chi connectivity index (χ0v) is 20.7. The monoisotopic (exact) mass is 499 g/mol. The Morgan fingerprint density at radius 3 is 2.46 bits per heavy atom. The molecule has 2 aromatic carbocycles. The average Bonchev–Trinajstić information content (AvgIpc) is 2.86. The number of aliphatic hydroxyl groups is 1. The van der Waals surface area contributed by atoms with E-state index >= 15 is 0 Å². The number of hydrogen-bond acceptors (Lipinski definition) is 9. The zero-order valence-electron chi connectivity index (χ0n) is 19.9. The van der Waals surface area contributed by atoms with Gasteiger partial charge in [-0.1, -0.05) is 30.0 Å². The van der Waals surface area contributed by atoms with Crippen molar-refractivity contribution in [3.63, 3.8) is 0 Å². The van der Waals surface area contributed by atoms with E-state index < -0.39 is 0 Å². The van der Waals surface area contributed by atoms with Crippen LogP contribution in [-0.4, -0.2) is 60.6 Å². The number of nitrogens with zero attached hydrogens (tertiary/aromatic N) is 1. The standard InChI is InChI=1S/C26H29NO7S/c1-32-12-4-11-27-26-25(20(30)9-6-16-5-8-18(28)22(13-16)33-2)21(31)15-24(35-26)17-7-10-19(29)23(14-17)34-3/h5-10,13-14,24,28-30H,4,11-12,15H2,1-3H3/b9-6-,25-20+,27-26?. The molecule has 9 heteroatoms. The first kappa shape index (κ1) is 26.2. The Balaban J connectivity index is 1.93. The number of phenols is 2. The minimum absolute atomic E-state index is 0.00784. The van der Waals surface area contributed by atoms with Crippen molar-refractivity contribution < 1.29 is 34.3 Å². The molecule has 0 saturated carbocycles. The summed E-state index contributed by atoms with van der Waals surface area (Å²) < 4.78 is 15.4. The predicted molar refractivity (Wildman–Crippen MR) is 137 cm³/mol. The summed E-state index contributed by atoms with van der Waals surface area (Å²) in [6.45, 7) is 0.965. The summed E-state index contributed by atoms with van der Waals surface area (Å²) in [5.41, 5.74) is 1.65. The van der Waals surface area contributed by atoms with E-state index in [4.69, 9.17) is 14.2 Å². The highest BCUT2D eigenvalue weighted by Gasteiger charge is 2.33. The lowest BCUT2D eigenvalue weighted by Crippen LogP contribution is -2.22. The number of thioether (sulfide) groups is 1. The van der Waals surface area contributed by atoms with Crippen LogP contribution in [0.2, 0.25) is 0 Å². The number of benzene rings is 2. The van der Waals surface area contributed by atoms with Crippen molar-refractivity contribution in [2.45, 2.75) is 18.1 Å². The molecule has 3 rings (SSSR count). The number of methoxy groups -OCH3 is 3. The van der Waals surface area contributed by atoms with Crippen LogP contribution in [0.1, 0.15) is 29.2 Å². The molecule has 0 radical (unpaired) electrons. The quantitative estimate of drug-likeness (QED) is 0.255. The highest BCUT2D eigenvalue weighted by molar-refractivity contribution is 8.14. The summed E-state index contributed by atoms with van der Waals surface area (Å²) in [6, 6.07) is 9.76. The fourth-order valence-electron chi connectivity index (χ4n) is 3.52. The Morgan fingerprint density at radius 2 is 1.77 bits per heavy atom. The number of carbonyl (C=O) groups excluding carboxylic acids is 1. The minimum atomic E-state index is -0.250. The second-order valence-electron chi connectivity index (χ2n) is 7.72. The first-order chi connectivity index (χ1) is 16.9. The van der Waals surface area contributed by atoms with Gasteiger partial charge in [0.25, 0.3) is 0 Å². The molecular weight excluding hydrogens is 470 g/mol. The third-order valence-electron chi connectivity index (χ3n) is 5.35. The number of aliphatic hydroxyl groups excluding tert-OH is 1. The molecule has 2 aromatic rings. The van der Waals surface area contributed by atoms with Gasteiger partial charge in [0, 0.05) is 31.9 Å². The summed E-state index contributed by atoms with van der Waals surface area (Å²) in [7, 11) is 4.53. The Labute approximate surface area is 208 Å². The lowest BCUT2D eigenvalue weighted by molar-refractivity contribution is -0.115. The second kappa shape index (κ2) is 12.3. The van der Waals surface area contributed by atoms with Crippen LogP contribution in [-0.2, 0) is 9.53 Å². The highest BCUT2D eigenvalue weighted by Crippen LogP contribution is 2.43. The van der Waals surface area contributed by atoms with Gasteiger partial charge in [-0.3, -0.25) is 9.79 Å². The Kier molecular flexibility index (Phi) is 9.22. The summed E-state index contributed by atoms with van der Waals surface area (Å²) in [5.74, 6) is 0.222. The van der Waals surface area contributed by atoms with Crippen LogP contribution >= 0.6 is 11.8 Å². The average molecular weight is 500 g/mol. The lowest BCUT2D eigenvalue weighted by atomic mass is 10.00. The fraction of sp³-hybridized carbons (Fsp3) is 0.308. The zero-order chi connectivity index (χ0) is 25.4. The molecule has 1 heterocycles. The van der Waals surface area contributed by atoms with Crippen molar-refractivity contribution in [3.05, 3.63) is 64.9 Å². The molecule has 0 amide bonds. The predicted octanol–water partition coefficient (Wildman–Crippen LogP) is 4.82. The second-order valence-corrected chi connectivity index (χ2v) is 8.91. The number of carbonyl (C=O) groups is 1. The van der Waals surface area contributed by atoms with E-state index in [-0.39, 0.29) is 40.3 Å². The van der Waals surface area contributed by atoms with Gasteiger partial charge in [-0.15, -0.1) is 0 Å². The van der Waals surface area contributed by atoms with Crippen LogP contribution in [0, 0.1) is 0 Å². The van der Waals surface area contributed by atoms with Gasteiger partial charge >= 0.3 is 0 Å². The lowest BCUT2D eigenvalue weighted by Gasteiger charge is -2.25. The van der Waals surface area contributed by atoms with E-state index in [2.05, 4.69) is 4.99 Å². The molecule has 35 heavy (non-hydrogen) atoms. The summed E-state index contributed by atoms with van der Waals surface area (Å²) >= 11 is 1.38. The molecule has 0 aromatic heterocycles. The maximum absolute atomic E-state index is 13.2. The minimum Gasteiger partial charge on any atom is -0.507 e. The molecule has 8 nitrogen and oxygen atoms in total. The molecule has 1 aliphatic heterocycles. The largest absolute Gasteiger partial charge is 0.507 e. The maximum atomic E-state index is 13.2. The fourth-order valence-corrected chi connectivity index (χ4v) is 4.81. The third-order valence-corrected chi connectivity index (χ3v) is 6.63. The number of ether oxygens (including phenoxy) is 3. The number of rotatable bonds is 9. The maximum Gasteiger partial charge on any atom is 0.170 e. The van der Waals surface area contributed by atoms with E-state index in [0.29, 0.717) is 41.7 Å². The van der Waals surface area contributed by atoms with Gasteiger partial charge < -0.3 is 29.5 Å². The van der Waals surface area contributed by atoms with Crippen LogP contribution in [0.25, 0.3) is 6.08 Å². The van der Waals surface area contributed by atoms with Crippen molar-refractivity contribution in [3.8, 4) is 23.0 Å². The van der Waals surface area contributed by atoms with Gasteiger partial charge in [0.15, 0.2) is 28.8 Å². The molecule has 1 fully saturated rings. The van der Waals surface area contributed by atoms with Gasteiger partial charge in [0.05, 0.1) is 19.8 Å². The number of aromatic hydroxyl groups is 2. The van der Waals surface area contributed by atoms with E-state index in [0.717, 1.165) is 5.56 Å². The number of phenolic OH excluding ortho intramolecular Hbond substituents is 2. The van der Waals surface area contributed by atoms with Crippen LogP contribution in [0.15, 0.2) is 58.8 Å². The number of ketones is 1. The molecule has 1 atom stereocenters. The molecule has 0 bridgehead atoms. The summed E-state index contributed by atoms with van der Waals surface area (Å²) in [4.78, 5) is 17.8. The SMILES string of the molecule is COCCCN=C1SC(c2ccc(O)c(OC)c2)CC(=O)/C1=C(O)/C=C\c1ccc(O)c(OC)c1. The van der Waals surface area contributed by atoms with Crippen molar-refractivity contribution in [2.24, 2.45) is 4.99 Å². The van der Waals surface area contributed by atoms with E-state index in [1.807, 2.05) is 0 Å². The van der Waals surface area contributed by atoms with Gasteiger partial charge in [0.1, 0.15) is 10.8 Å². The molecule has 1 unspecified atom stereocenters. The highest BCUT2D eigenvalue weighted by atomic mass is 32.2. The first-order valence-electron chi connectivity index (χ1n) is 11.0. The van der Waals surface area contributed by atoms with Gasteiger partial charge in [-0.05, 0) is 47.9 Å². The third kappa shape index (κ3) is 6.58. The van der Waals surface area contributed by atoms with E-state index in [1.165, 1.54) is 44.2 Å². The first-order valence-corrected chi connectivity index (χ1v) is 11.8. The summed E-state index contributed by atoms with van der Waals surface area (Å²) in [5, 5.41) is 30.7. The molecule has 0 spiro atoms. The van der Waals surface area contributed by atoms with Crippen molar-refractivity contribution in [1.82, 2.24) is 0 Å². The van der Waals surface area contributed by atoms with Gasteiger partial charge in [-0.2, -0.15) is 0 Å². The normalized spacial score (nSPS) is 18.8. The van der Waals surface area contributed by atoms with Crippen molar-refractivity contribution in [2.75, 3.05) is 34.5 Å². The van der Waals surface area contributed by atoms with Gasteiger partial charge in [0.2, 0.25) is 0 Å². The Bertz CT molecular complexity index is 1160. The Morgan fingerprint density at radius 1 is 1.09 bits per heavy atom. The molecule has 186 valence electrons. The number of allylic oxidation sites excluding steroid dienone is 1. The Hall–Kier alpha value is -3.43. The smallest absolute Gasteiger partial charge is 0.170 e. The molecular formula is C26H29NO7S.